The molecule has 25 heavy (non-hydrogen) atoms. The third kappa shape index (κ3) is 5.05. The van der Waals surface area contributed by atoms with Gasteiger partial charge in [-0.05, 0) is 42.7 Å². The molecule has 0 fully saturated rings. The Kier molecular flexibility index (Phi) is 6.56. The summed E-state index contributed by atoms with van der Waals surface area (Å²) >= 11 is 6.01. The van der Waals surface area contributed by atoms with Gasteiger partial charge < -0.3 is 15.4 Å². The number of nitrogens with one attached hydrogen (secondary N) is 2. The molecule has 0 aliphatic rings. The highest BCUT2D eigenvalue weighted by atomic mass is 35.5. The van der Waals surface area contributed by atoms with Crippen LogP contribution in [0.3, 0.4) is 0 Å². The Labute approximate surface area is 152 Å². The van der Waals surface area contributed by atoms with E-state index in [9.17, 15) is 9.59 Å². The van der Waals surface area contributed by atoms with Crippen LogP contribution in [-0.2, 0) is 14.3 Å². The van der Waals surface area contributed by atoms with Crippen molar-refractivity contribution in [2.75, 3.05) is 19.0 Å². The average molecular weight is 361 g/mol. The van der Waals surface area contributed by atoms with E-state index in [0.717, 1.165) is 16.7 Å². The van der Waals surface area contributed by atoms with Gasteiger partial charge in [-0.15, -0.1) is 0 Å². The van der Waals surface area contributed by atoms with Crippen LogP contribution in [0.1, 0.15) is 22.8 Å². The van der Waals surface area contributed by atoms with Crippen LogP contribution in [0.15, 0.2) is 42.5 Å². The van der Waals surface area contributed by atoms with Crippen molar-refractivity contribution in [2.45, 2.75) is 20.0 Å². The molecule has 2 aromatic carbocycles. The van der Waals surface area contributed by atoms with Gasteiger partial charge in [-0.2, -0.15) is 0 Å². The molecule has 0 aromatic heterocycles. The summed E-state index contributed by atoms with van der Waals surface area (Å²) in [5.41, 5.74) is 3.39. The molecule has 0 heterocycles. The van der Waals surface area contributed by atoms with Crippen molar-refractivity contribution in [1.29, 1.82) is 0 Å². The molecule has 0 bridgehead atoms. The van der Waals surface area contributed by atoms with Crippen molar-refractivity contribution in [1.82, 2.24) is 5.32 Å². The van der Waals surface area contributed by atoms with E-state index in [1.165, 1.54) is 0 Å². The predicted octanol–water partition coefficient (Wildman–Crippen LogP) is 3.40. The highest BCUT2D eigenvalue weighted by Gasteiger charge is 2.18. The number of carbonyl (C=O) groups is 2. The number of benzene rings is 2. The molecule has 0 saturated heterocycles. The lowest BCUT2D eigenvalue weighted by atomic mass is 10.0. The van der Waals surface area contributed by atoms with Crippen LogP contribution in [0.25, 0.3) is 0 Å². The van der Waals surface area contributed by atoms with Gasteiger partial charge in [0.1, 0.15) is 0 Å². The summed E-state index contributed by atoms with van der Waals surface area (Å²) in [6.07, 6.45) is -0.327. The van der Waals surface area contributed by atoms with Crippen LogP contribution in [-0.4, -0.2) is 25.5 Å². The van der Waals surface area contributed by atoms with Gasteiger partial charge >= 0.3 is 11.8 Å². The van der Waals surface area contributed by atoms with Gasteiger partial charge in [0.15, 0.2) is 0 Å². The Bertz CT molecular complexity index is 777. The van der Waals surface area contributed by atoms with Gasteiger partial charge in [0.25, 0.3) is 0 Å². The van der Waals surface area contributed by atoms with Crippen LogP contribution in [0.4, 0.5) is 5.69 Å². The van der Waals surface area contributed by atoms with Crippen LogP contribution >= 0.6 is 11.6 Å². The van der Waals surface area contributed by atoms with E-state index in [2.05, 4.69) is 10.6 Å². The minimum absolute atomic E-state index is 0.197. The highest BCUT2D eigenvalue weighted by Crippen LogP contribution is 2.21. The second-order valence-corrected chi connectivity index (χ2v) is 6.12. The summed E-state index contributed by atoms with van der Waals surface area (Å²) in [7, 11) is 1.57. The molecule has 132 valence electrons. The number of amides is 2. The maximum atomic E-state index is 12.0. The van der Waals surface area contributed by atoms with E-state index in [4.69, 9.17) is 16.3 Å². The number of hydrogen-bond donors (Lipinski definition) is 2. The zero-order valence-electron chi connectivity index (χ0n) is 14.4. The fourth-order valence-electron chi connectivity index (χ4n) is 2.39. The zero-order valence-corrected chi connectivity index (χ0v) is 15.2. The van der Waals surface area contributed by atoms with Crippen LogP contribution in [0.5, 0.6) is 0 Å². The van der Waals surface area contributed by atoms with Crippen LogP contribution in [0.2, 0.25) is 5.02 Å². The topological polar surface area (TPSA) is 67.4 Å². The number of anilines is 1. The molecule has 1 unspecified atom stereocenters. The summed E-state index contributed by atoms with van der Waals surface area (Å²) in [4.78, 5) is 24.0. The maximum absolute atomic E-state index is 12.0. The predicted molar refractivity (Wildman–Crippen MR) is 98.8 cm³/mol. The lowest BCUT2D eigenvalue weighted by Crippen LogP contribution is -2.38. The van der Waals surface area contributed by atoms with E-state index in [1.54, 1.807) is 25.3 Å². The maximum Gasteiger partial charge on any atom is 0.313 e. The second kappa shape index (κ2) is 8.65. The van der Waals surface area contributed by atoms with Crippen LogP contribution < -0.4 is 10.6 Å². The van der Waals surface area contributed by atoms with E-state index in [-0.39, 0.29) is 12.6 Å². The molecular formula is C19H21ClN2O3. The van der Waals surface area contributed by atoms with Gasteiger partial charge in [-0.25, -0.2) is 0 Å². The van der Waals surface area contributed by atoms with Crippen LogP contribution in [0, 0.1) is 13.8 Å². The van der Waals surface area contributed by atoms with Gasteiger partial charge in [0.05, 0.1) is 6.10 Å². The molecule has 0 saturated carbocycles. The minimum atomic E-state index is -0.750. The van der Waals surface area contributed by atoms with Gasteiger partial charge in [0.2, 0.25) is 0 Å². The second-order valence-electron chi connectivity index (χ2n) is 5.71. The molecule has 2 amide bonds. The van der Waals surface area contributed by atoms with Crippen molar-refractivity contribution >= 4 is 29.1 Å². The number of halogens is 1. The molecule has 2 rings (SSSR count). The normalized spacial score (nSPS) is 11.7. The zero-order chi connectivity index (χ0) is 18.4. The fourth-order valence-corrected chi connectivity index (χ4v) is 2.57. The Morgan fingerprint density at radius 3 is 2.44 bits per heavy atom. The van der Waals surface area contributed by atoms with E-state index in [0.29, 0.717) is 10.7 Å². The third-order valence-electron chi connectivity index (χ3n) is 3.90. The molecule has 5 nitrogen and oxygen atoms in total. The Balaban J connectivity index is 1.95. The lowest BCUT2D eigenvalue weighted by Gasteiger charge is -2.18. The third-order valence-corrected chi connectivity index (χ3v) is 4.31. The van der Waals surface area contributed by atoms with Gasteiger partial charge in [-0.1, -0.05) is 41.9 Å². The number of rotatable bonds is 5. The first-order valence-corrected chi connectivity index (χ1v) is 8.24. The smallest absolute Gasteiger partial charge is 0.313 e. The van der Waals surface area contributed by atoms with Crippen molar-refractivity contribution in [3.63, 3.8) is 0 Å². The molecule has 2 N–H and O–H groups in total. The van der Waals surface area contributed by atoms with Crippen molar-refractivity contribution in [2.24, 2.45) is 0 Å². The summed E-state index contributed by atoms with van der Waals surface area (Å²) in [6.45, 7) is 4.02. The number of methoxy groups -OCH3 is 1. The summed E-state index contributed by atoms with van der Waals surface area (Å²) < 4.78 is 5.43. The molecule has 6 heteroatoms. The first kappa shape index (κ1) is 19.0. The Morgan fingerprint density at radius 2 is 1.80 bits per heavy atom. The average Bonchev–Trinajstić information content (AvgIpc) is 2.59. The summed E-state index contributed by atoms with van der Waals surface area (Å²) in [5.74, 6) is -1.48. The molecule has 0 radical (unpaired) electrons. The quantitative estimate of drug-likeness (QED) is 0.803. The van der Waals surface area contributed by atoms with Crippen molar-refractivity contribution < 1.29 is 14.3 Å². The fraction of sp³-hybridized carbons (Fsp3) is 0.263. The molecule has 1 atom stereocenters. The number of aryl methyl sites for hydroxylation is 2. The number of ether oxygens (including phenoxy) is 1. The minimum Gasteiger partial charge on any atom is -0.375 e. The Hall–Kier alpha value is -2.37. The van der Waals surface area contributed by atoms with Crippen molar-refractivity contribution in [3.8, 4) is 0 Å². The largest absolute Gasteiger partial charge is 0.375 e. The molecule has 0 aliphatic heterocycles. The van der Waals surface area contributed by atoms with E-state index in [1.807, 2.05) is 38.1 Å². The standard InChI is InChI=1S/C19H21ClN2O3/c1-12-6-4-5-7-15(12)17(25-3)11-21-18(23)19(24)22-14-9-8-13(2)16(20)10-14/h4-10,17H,11H2,1-3H3,(H,21,23)(H,22,24). The molecular weight excluding hydrogens is 340 g/mol. The van der Waals surface area contributed by atoms with Gasteiger partial charge in [0, 0.05) is 24.4 Å². The first-order chi connectivity index (χ1) is 11.9. The highest BCUT2D eigenvalue weighted by molar-refractivity contribution is 6.39. The lowest BCUT2D eigenvalue weighted by molar-refractivity contribution is -0.136. The number of hydrogen-bond acceptors (Lipinski definition) is 3. The molecule has 2 aromatic rings. The first-order valence-electron chi connectivity index (χ1n) is 7.86. The Morgan fingerprint density at radius 1 is 1.08 bits per heavy atom. The number of carbonyl (C=O) groups excluding carboxylic acids is 2. The molecule has 0 aliphatic carbocycles. The monoisotopic (exact) mass is 360 g/mol. The summed E-state index contributed by atoms with van der Waals surface area (Å²) in [6, 6.07) is 12.8. The van der Waals surface area contributed by atoms with E-state index >= 15 is 0 Å². The van der Waals surface area contributed by atoms with Crippen molar-refractivity contribution in [3.05, 3.63) is 64.2 Å². The SMILES string of the molecule is COC(CNC(=O)C(=O)Nc1ccc(C)c(Cl)c1)c1ccccc1C. The summed E-state index contributed by atoms with van der Waals surface area (Å²) in [5, 5.41) is 5.65. The molecule has 0 spiro atoms. The van der Waals surface area contributed by atoms with E-state index < -0.39 is 11.8 Å². The van der Waals surface area contributed by atoms with Gasteiger partial charge in [-0.3, -0.25) is 9.59 Å².